The van der Waals surface area contributed by atoms with Crippen molar-refractivity contribution < 1.29 is 13.2 Å². The number of hydrogen-bond donors (Lipinski definition) is 1. The molecule has 1 aromatic heterocycles. The second-order valence-corrected chi connectivity index (χ2v) is 8.25. The first-order chi connectivity index (χ1) is 12.2. The van der Waals surface area contributed by atoms with Crippen LogP contribution in [0.25, 0.3) is 10.9 Å². The van der Waals surface area contributed by atoms with Gasteiger partial charge in [-0.05, 0) is 56.2 Å². The number of aromatic nitrogens is 1. The molecule has 5 nitrogen and oxygen atoms in total. The molecule has 0 unspecified atom stereocenters. The summed E-state index contributed by atoms with van der Waals surface area (Å²) in [4.78, 5) is 16.9. The summed E-state index contributed by atoms with van der Waals surface area (Å²) in [6.07, 6.45) is 0. The van der Waals surface area contributed by atoms with Crippen molar-refractivity contribution in [2.24, 2.45) is 0 Å². The van der Waals surface area contributed by atoms with Crippen molar-refractivity contribution >= 4 is 38.4 Å². The van der Waals surface area contributed by atoms with E-state index in [-0.39, 0.29) is 10.5 Å². The molecular formula is C19H17ClN2O3S. The first-order valence-corrected chi connectivity index (χ1v) is 9.75. The largest absolute Gasteiger partial charge is 0.268 e. The van der Waals surface area contributed by atoms with E-state index in [2.05, 4.69) is 9.71 Å². The van der Waals surface area contributed by atoms with Crippen molar-refractivity contribution in [1.82, 2.24) is 9.71 Å². The molecule has 0 bridgehead atoms. The standard InChI is InChI=1S/C19H17ClN2O3S/c1-11-4-6-14-9-16(13(3)21-18(14)8-11)19(23)22-26(24,25)15-7-5-12(2)17(20)10-15/h4-10H,1-3H3,(H,22,23). The van der Waals surface area contributed by atoms with E-state index in [0.29, 0.717) is 10.7 Å². The van der Waals surface area contributed by atoms with Crippen molar-refractivity contribution in [2.75, 3.05) is 0 Å². The van der Waals surface area contributed by atoms with Crippen molar-refractivity contribution in [3.05, 3.63) is 69.9 Å². The molecule has 1 N–H and O–H groups in total. The Morgan fingerprint density at radius 1 is 1.04 bits per heavy atom. The fraction of sp³-hybridized carbons (Fsp3) is 0.158. The molecule has 0 fully saturated rings. The van der Waals surface area contributed by atoms with Crippen LogP contribution in [0.5, 0.6) is 0 Å². The van der Waals surface area contributed by atoms with Crippen LogP contribution in [0, 0.1) is 20.8 Å². The van der Waals surface area contributed by atoms with Crippen LogP contribution in [0.2, 0.25) is 5.02 Å². The van der Waals surface area contributed by atoms with Crippen molar-refractivity contribution in [2.45, 2.75) is 25.7 Å². The lowest BCUT2D eigenvalue weighted by Gasteiger charge is -2.10. The van der Waals surface area contributed by atoms with Crippen LogP contribution in [-0.4, -0.2) is 19.3 Å². The monoisotopic (exact) mass is 388 g/mol. The van der Waals surface area contributed by atoms with E-state index in [0.717, 1.165) is 22.0 Å². The molecule has 7 heteroatoms. The maximum absolute atomic E-state index is 12.6. The lowest BCUT2D eigenvalue weighted by atomic mass is 10.1. The molecule has 0 saturated carbocycles. The van der Waals surface area contributed by atoms with E-state index in [4.69, 9.17) is 11.6 Å². The zero-order valence-corrected chi connectivity index (χ0v) is 16.1. The van der Waals surface area contributed by atoms with Crippen molar-refractivity contribution in [3.63, 3.8) is 0 Å². The number of carbonyl (C=O) groups excluding carboxylic acids is 1. The van der Waals surface area contributed by atoms with Crippen molar-refractivity contribution in [1.29, 1.82) is 0 Å². The summed E-state index contributed by atoms with van der Waals surface area (Å²) in [5, 5.41) is 1.08. The van der Waals surface area contributed by atoms with Gasteiger partial charge in [0, 0.05) is 10.4 Å². The molecule has 134 valence electrons. The number of aryl methyl sites for hydroxylation is 3. The second kappa shape index (κ2) is 6.70. The number of nitrogens with one attached hydrogen (secondary N) is 1. The molecule has 0 radical (unpaired) electrons. The number of benzene rings is 2. The molecular weight excluding hydrogens is 372 g/mol. The van der Waals surface area contributed by atoms with Crippen LogP contribution in [0.4, 0.5) is 0 Å². The number of carbonyl (C=O) groups is 1. The number of nitrogens with zero attached hydrogens (tertiary/aromatic N) is 1. The van der Waals surface area contributed by atoms with E-state index in [1.54, 1.807) is 26.0 Å². The lowest BCUT2D eigenvalue weighted by molar-refractivity contribution is 0.0980. The van der Waals surface area contributed by atoms with Crippen molar-refractivity contribution in [3.8, 4) is 0 Å². The van der Waals surface area contributed by atoms with Gasteiger partial charge in [0.15, 0.2) is 0 Å². The molecule has 1 heterocycles. The minimum Gasteiger partial charge on any atom is -0.268 e. The fourth-order valence-electron chi connectivity index (χ4n) is 2.58. The highest BCUT2D eigenvalue weighted by Crippen LogP contribution is 2.21. The molecule has 0 atom stereocenters. The maximum atomic E-state index is 12.6. The van der Waals surface area contributed by atoms with Gasteiger partial charge in [0.2, 0.25) is 0 Å². The highest BCUT2D eigenvalue weighted by molar-refractivity contribution is 7.90. The van der Waals surface area contributed by atoms with Gasteiger partial charge in [-0.1, -0.05) is 29.8 Å². The van der Waals surface area contributed by atoms with E-state index >= 15 is 0 Å². The third kappa shape index (κ3) is 3.57. The van der Waals surface area contributed by atoms with Gasteiger partial charge in [-0.2, -0.15) is 0 Å². The number of hydrogen-bond acceptors (Lipinski definition) is 4. The molecule has 0 saturated heterocycles. The number of sulfonamides is 1. The van der Waals surface area contributed by atoms with Gasteiger partial charge in [-0.25, -0.2) is 13.1 Å². The number of pyridine rings is 1. The molecule has 2 aromatic carbocycles. The zero-order chi connectivity index (χ0) is 19.1. The first kappa shape index (κ1) is 18.4. The Balaban J connectivity index is 1.96. The Morgan fingerprint density at radius 2 is 1.77 bits per heavy atom. The Hall–Kier alpha value is -2.44. The maximum Gasteiger partial charge on any atom is 0.266 e. The van der Waals surface area contributed by atoms with E-state index in [1.165, 1.54) is 12.1 Å². The van der Waals surface area contributed by atoms with Crippen LogP contribution < -0.4 is 4.72 Å². The topological polar surface area (TPSA) is 76.1 Å². The summed E-state index contributed by atoms with van der Waals surface area (Å²) in [5.41, 5.74) is 3.23. The number of amides is 1. The molecule has 1 amide bonds. The van der Waals surface area contributed by atoms with Crippen LogP contribution in [0.1, 0.15) is 27.2 Å². The summed E-state index contributed by atoms with van der Waals surface area (Å²) in [7, 11) is -4.04. The van der Waals surface area contributed by atoms with Gasteiger partial charge >= 0.3 is 0 Å². The Bertz CT molecular complexity index is 1140. The van der Waals surface area contributed by atoms with E-state index < -0.39 is 15.9 Å². The first-order valence-electron chi connectivity index (χ1n) is 7.89. The number of rotatable bonds is 3. The fourth-order valence-corrected chi connectivity index (χ4v) is 3.82. The van der Waals surface area contributed by atoms with Crippen LogP contribution in [0.3, 0.4) is 0 Å². The smallest absolute Gasteiger partial charge is 0.266 e. The third-order valence-corrected chi connectivity index (χ3v) is 5.82. The highest BCUT2D eigenvalue weighted by Gasteiger charge is 2.21. The highest BCUT2D eigenvalue weighted by atomic mass is 35.5. The summed E-state index contributed by atoms with van der Waals surface area (Å²) in [6.45, 7) is 5.39. The number of halogens is 1. The number of fused-ring (bicyclic) bond motifs is 1. The third-order valence-electron chi connectivity index (χ3n) is 4.09. The second-order valence-electron chi connectivity index (χ2n) is 6.16. The summed E-state index contributed by atoms with van der Waals surface area (Å²) >= 11 is 5.99. The molecule has 0 aliphatic rings. The van der Waals surface area contributed by atoms with Crippen LogP contribution >= 0.6 is 11.6 Å². The minimum absolute atomic E-state index is 0.0662. The van der Waals surface area contributed by atoms with Gasteiger partial charge in [0.25, 0.3) is 15.9 Å². The minimum atomic E-state index is -4.04. The summed E-state index contributed by atoms with van der Waals surface area (Å²) < 4.78 is 27.1. The Morgan fingerprint density at radius 3 is 2.46 bits per heavy atom. The van der Waals surface area contributed by atoms with E-state index in [9.17, 15) is 13.2 Å². The zero-order valence-electron chi connectivity index (χ0n) is 14.5. The average molecular weight is 389 g/mol. The Labute approximate surface area is 157 Å². The van der Waals surface area contributed by atoms with Gasteiger partial charge in [-0.15, -0.1) is 0 Å². The van der Waals surface area contributed by atoms with Crippen LogP contribution in [0.15, 0.2) is 47.4 Å². The van der Waals surface area contributed by atoms with Crippen LogP contribution in [-0.2, 0) is 10.0 Å². The summed E-state index contributed by atoms with van der Waals surface area (Å²) in [5.74, 6) is -0.728. The summed E-state index contributed by atoms with van der Waals surface area (Å²) in [6, 6.07) is 11.6. The lowest BCUT2D eigenvalue weighted by Crippen LogP contribution is -2.31. The molecule has 0 aliphatic carbocycles. The molecule has 0 spiro atoms. The predicted octanol–water partition coefficient (Wildman–Crippen LogP) is 3.93. The van der Waals surface area contributed by atoms with E-state index in [1.807, 2.05) is 25.1 Å². The predicted molar refractivity (Wildman–Crippen MR) is 102 cm³/mol. The molecule has 0 aliphatic heterocycles. The van der Waals surface area contributed by atoms with Gasteiger partial charge in [0.1, 0.15) is 0 Å². The SMILES string of the molecule is Cc1ccc2cc(C(=O)NS(=O)(=O)c3ccc(C)c(Cl)c3)c(C)nc2c1. The van der Waals surface area contributed by atoms with Gasteiger partial charge < -0.3 is 0 Å². The normalized spacial score (nSPS) is 11.5. The quantitative estimate of drug-likeness (QED) is 0.737. The molecule has 3 aromatic rings. The molecule has 26 heavy (non-hydrogen) atoms. The molecule has 3 rings (SSSR count). The van der Waals surface area contributed by atoms with Gasteiger partial charge in [-0.3, -0.25) is 9.78 Å². The Kier molecular flexibility index (Phi) is 4.73. The average Bonchev–Trinajstić information content (AvgIpc) is 2.56. The van der Waals surface area contributed by atoms with Gasteiger partial charge in [0.05, 0.1) is 21.7 Å².